The smallest absolute Gasteiger partial charge is 0.368 e. The highest BCUT2D eigenvalue weighted by molar-refractivity contribution is 6.24. The zero-order valence-corrected chi connectivity index (χ0v) is 7.44. The van der Waals surface area contributed by atoms with E-state index in [1.807, 2.05) is 0 Å². The molecule has 1 aliphatic rings. The van der Waals surface area contributed by atoms with Gasteiger partial charge in [-0.2, -0.15) is 10.3 Å². The number of amides is 2. The molecule has 1 heterocycles. The van der Waals surface area contributed by atoms with Crippen LogP contribution in [-0.2, 0) is 4.79 Å². The molecule has 5 nitrogen and oxygen atoms in total. The summed E-state index contributed by atoms with van der Waals surface area (Å²) in [4.78, 5) is 25.4. The van der Waals surface area contributed by atoms with E-state index in [9.17, 15) is 9.59 Å². The number of carbonyl (C=O) groups is 2. The van der Waals surface area contributed by atoms with Crippen LogP contribution in [0.25, 0.3) is 0 Å². The number of urea groups is 1. The average Bonchev–Trinajstić information content (AvgIpc) is 2.03. The number of nitrogens with zero attached hydrogens (tertiary/aromatic N) is 2. The van der Waals surface area contributed by atoms with Crippen molar-refractivity contribution in [2.24, 2.45) is 16.6 Å². The van der Waals surface area contributed by atoms with Crippen molar-refractivity contribution in [3.05, 3.63) is 11.8 Å². The third-order valence-corrected chi connectivity index (χ3v) is 1.59. The maximum absolute atomic E-state index is 11.4. The number of ketones is 1. The van der Waals surface area contributed by atoms with E-state index in [0.29, 0.717) is 0 Å². The van der Waals surface area contributed by atoms with Crippen LogP contribution in [0.1, 0.15) is 13.8 Å². The quantitative estimate of drug-likeness (QED) is 0.658. The van der Waals surface area contributed by atoms with Gasteiger partial charge in [-0.05, 0) is 0 Å². The van der Waals surface area contributed by atoms with Gasteiger partial charge in [-0.15, -0.1) is 0 Å². The lowest BCUT2D eigenvalue weighted by molar-refractivity contribution is -0.117. The molecule has 0 bridgehead atoms. The molecule has 5 heteroatoms. The van der Waals surface area contributed by atoms with Gasteiger partial charge < -0.3 is 5.73 Å². The van der Waals surface area contributed by atoms with Crippen molar-refractivity contribution >= 4 is 17.6 Å². The minimum atomic E-state index is -0.669. The van der Waals surface area contributed by atoms with Gasteiger partial charge in [0.15, 0.2) is 5.78 Å². The number of rotatable bonds is 2. The number of amidine groups is 1. The lowest BCUT2D eigenvalue weighted by Gasteiger charge is -2.10. The molecular weight excluding hydrogens is 170 g/mol. The van der Waals surface area contributed by atoms with E-state index < -0.39 is 6.03 Å². The van der Waals surface area contributed by atoms with Crippen LogP contribution in [-0.4, -0.2) is 17.6 Å². The van der Waals surface area contributed by atoms with Gasteiger partial charge in [0.05, 0.1) is 5.57 Å². The normalized spacial score (nSPS) is 16.4. The summed E-state index contributed by atoms with van der Waals surface area (Å²) in [6.07, 6.45) is 1.17. The summed E-state index contributed by atoms with van der Waals surface area (Å²) in [7, 11) is 0. The molecule has 1 radical (unpaired) electrons. The van der Waals surface area contributed by atoms with Crippen LogP contribution >= 0.6 is 0 Å². The SMILES string of the molecule is CC(C)C(=O)C1=C[N]C(=O)N=C1N. The monoisotopic (exact) mass is 180 g/mol. The van der Waals surface area contributed by atoms with Crippen LogP contribution in [0.2, 0.25) is 0 Å². The maximum Gasteiger partial charge on any atom is 0.368 e. The van der Waals surface area contributed by atoms with Crippen LogP contribution in [0, 0.1) is 5.92 Å². The van der Waals surface area contributed by atoms with E-state index in [2.05, 4.69) is 10.3 Å². The fourth-order valence-corrected chi connectivity index (χ4v) is 0.879. The summed E-state index contributed by atoms with van der Waals surface area (Å²) in [6, 6.07) is -0.669. The summed E-state index contributed by atoms with van der Waals surface area (Å²) in [5.74, 6) is -0.375. The van der Waals surface area contributed by atoms with E-state index in [0.717, 1.165) is 0 Å². The largest absolute Gasteiger partial charge is 0.383 e. The van der Waals surface area contributed by atoms with Crippen molar-refractivity contribution in [1.82, 2.24) is 5.32 Å². The van der Waals surface area contributed by atoms with Crippen LogP contribution in [0.15, 0.2) is 16.8 Å². The maximum atomic E-state index is 11.4. The van der Waals surface area contributed by atoms with Gasteiger partial charge in [-0.25, -0.2) is 4.79 Å². The first-order chi connectivity index (χ1) is 6.02. The Morgan fingerprint density at radius 3 is 2.62 bits per heavy atom. The van der Waals surface area contributed by atoms with E-state index in [1.54, 1.807) is 13.8 Å². The Labute approximate surface area is 75.7 Å². The van der Waals surface area contributed by atoms with E-state index in [1.165, 1.54) is 6.20 Å². The second kappa shape index (κ2) is 3.38. The standard InChI is InChI=1S/C8H10N3O2/c1-4(2)6(12)5-3-10-8(13)11-7(5)9/h3-4H,1-2H3,(H2,9,11,13). The number of aliphatic imine (C=N–C) groups is 1. The minimum absolute atomic E-state index is 0.0429. The third-order valence-electron chi connectivity index (χ3n) is 1.59. The van der Waals surface area contributed by atoms with E-state index in [-0.39, 0.29) is 23.1 Å². The van der Waals surface area contributed by atoms with Gasteiger partial charge in [-0.1, -0.05) is 13.8 Å². The molecule has 0 aromatic carbocycles. The summed E-state index contributed by atoms with van der Waals surface area (Å²) >= 11 is 0. The van der Waals surface area contributed by atoms with Crippen molar-refractivity contribution in [3.8, 4) is 0 Å². The number of hydrogen-bond acceptors (Lipinski definition) is 3. The zero-order chi connectivity index (χ0) is 10.0. The molecule has 69 valence electrons. The topological polar surface area (TPSA) is 86.6 Å². The van der Waals surface area contributed by atoms with Gasteiger partial charge in [0.1, 0.15) is 5.84 Å². The third kappa shape index (κ3) is 1.93. The lowest BCUT2D eigenvalue weighted by atomic mass is 10.0. The minimum Gasteiger partial charge on any atom is -0.383 e. The van der Waals surface area contributed by atoms with Crippen molar-refractivity contribution < 1.29 is 9.59 Å². The van der Waals surface area contributed by atoms with Crippen molar-refractivity contribution in [2.75, 3.05) is 0 Å². The molecule has 0 spiro atoms. The molecule has 13 heavy (non-hydrogen) atoms. The Kier molecular flexibility index (Phi) is 2.46. The number of Topliss-reactive ketones (excluding diaryl/α,β-unsaturated/α-hetero) is 1. The molecule has 0 aliphatic carbocycles. The van der Waals surface area contributed by atoms with Crippen LogP contribution in [0.5, 0.6) is 0 Å². The fraction of sp³-hybridized carbons (Fsp3) is 0.375. The average molecular weight is 180 g/mol. The van der Waals surface area contributed by atoms with Gasteiger partial charge in [0, 0.05) is 12.1 Å². The zero-order valence-electron chi connectivity index (χ0n) is 7.44. The fourth-order valence-electron chi connectivity index (χ4n) is 0.879. The van der Waals surface area contributed by atoms with Gasteiger partial charge >= 0.3 is 6.03 Å². The highest BCUT2D eigenvalue weighted by Crippen LogP contribution is 2.08. The van der Waals surface area contributed by atoms with Gasteiger partial charge in [0.2, 0.25) is 0 Å². The second-order valence-electron chi connectivity index (χ2n) is 2.97. The Morgan fingerprint density at radius 2 is 2.15 bits per heavy atom. The molecule has 0 atom stereocenters. The number of nitrogens with two attached hydrogens (primary N) is 1. The molecule has 0 saturated carbocycles. The molecule has 1 aliphatic heterocycles. The van der Waals surface area contributed by atoms with Crippen molar-refractivity contribution in [3.63, 3.8) is 0 Å². The molecule has 0 saturated heterocycles. The molecule has 1 rings (SSSR count). The van der Waals surface area contributed by atoms with Gasteiger partial charge in [0.25, 0.3) is 0 Å². The highest BCUT2D eigenvalue weighted by atomic mass is 16.2. The first kappa shape index (κ1) is 9.44. The summed E-state index contributed by atoms with van der Waals surface area (Å²) < 4.78 is 0. The van der Waals surface area contributed by atoms with E-state index >= 15 is 0 Å². The number of hydrogen-bond donors (Lipinski definition) is 1. The van der Waals surface area contributed by atoms with Crippen molar-refractivity contribution in [1.29, 1.82) is 0 Å². The van der Waals surface area contributed by atoms with Gasteiger partial charge in [-0.3, -0.25) is 4.79 Å². The first-order valence-corrected chi connectivity index (χ1v) is 3.86. The molecular formula is C8H10N3O2. The van der Waals surface area contributed by atoms with Crippen LogP contribution in [0.4, 0.5) is 4.79 Å². The molecule has 2 N–H and O–H groups in total. The highest BCUT2D eigenvalue weighted by Gasteiger charge is 2.21. The summed E-state index contributed by atoms with van der Waals surface area (Å²) in [5.41, 5.74) is 5.61. The number of carbonyl (C=O) groups excluding carboxylic acids is 2. The predicted molar refractivity (Wildman–Crippen MR) is 47.1 cm³/mol. The molecule has 0 unspecified atom stereocenters. The van der Waals surface area contributed by atoms with Crippen molar-refractivity contribution in [2.45, 2.75) is 13.8 Å². The molecule has 0 fully saturated rings. The predicted octanol–water partition coefficient (Wildman–Crippen LogP) is 0.191. The first-order valence-electron chi connectivity index (χ1n) is 3.86. The lowest BCUT2D eigenvalue weighted by Crippen LogP contribution is -2.30. The van der Waals surface area contributed by atoms with Crippen LogP contribution in [0.3, 0.4) is 0 Å². The Morgan fingerprint density at radius 1 is 1.54 bits per heavy atom. The van der Waals surface area contributed by atoms with E-state index in [4.69, 9.17) is 5.73 Å². The second-order valence-corrected chi connectivity index (χ2v) is 2.97. The Hall–Kier alpha value is -1.65. The Bertz CT molecular complexity index is 315. The molecule has 0 aromatic heterocycles. The Balaban J connectivity index is 2.90. The summed E-state index contributed by atoms with van der Waals surface area (Å²) in [5, 5.41) is 3.38. The summed E-state index contributed by atoms with van der Waals surface area (Å²) in [6.45, 7) is 3.49. The molecule has 0 aromatic rings. The molecule has 2 amide bonds. The van der Waals surface area contributed by atoms with Crippen LogP contribution < -0.4 is 11.1 Å².